The van der Waals surface area contributed by atoms with Gasteiger partial charge < -0.3 is 15.2 Å². The number of aliphatic carboxylic acids is 1. The highest BCUT2D eigenvalue weighted by atomic mass is 16.6. The topological polar surface area (TPSA) is 75.6 Å². The summed E-state index contributed by atoms with van der Waals surface area (Å²) in [7, 11) is 0. The van der Waals surface area contributed by atoms with Crippen LogP contribution in [0.3, 0.4) is 0 Å². The summed E-state index contributed by atoms with van der Waals surface area (Å²) in [6, 6.07) is 0.0753. The van der Waals surface area contributed by atoms with Gasteiger partial charge in [-0.15, -0.1) is 0 Å². The Labute approximate surface area is 238 Å². The fraction of sp³-hybridized carbons (Fsp3) is 0.941. The van der Waals surface area contributed by atoms with Gasteiger partial charge in [0, 0.05) is 11.5 Å². The molecule has 5 rings (SSSR count). The van der Waals surface area contributed by atoms with Crippen LogP contribution in [0.4, 0.5) is 4.79 Å². The Hall–Kier alpha value is -1.26. The molecule has 0 aromatic rings. The van der Waals surface area contributed by atoms with Gasteiger partial charge in [-0.3, -0.25) is 4.79 Å². The first-order valence-electron chi connectivity index (χ1n) is 16.2. The lowest BCUT2D eigenvalue weighted by atomic mass is 9.32. The van der Waals surface area contributed by atoms with Gasteiger partial charge in [0.1, 0.15) is 6.10 Å². The number of fused-ring (bicyclic) bond motifs is 7. The molecule has 39 heavy (non-hydrogen) atoms. The van der Waals surface area contributed by atoms with E-state index in [2.05, 4.69) is 53.8 Å². The molecule has 5 fully saturated rings. The number of nitrogens with one attached hydrogen (secondary N) is 1. The van der Waals surface area contributed by atoms with Crippen LogP contribution in [0, 0.1) is 62.6 Å². The lowest BCUT2D eigenvalue weighted by molar-refractivity contribution is -0.249. The van der Waals surface area contributed by atoms with E-state index in [9.17, 15) is 14.7 Å². The van der Waals surface area contributed by atoms with Gasteiger partial charge in [-0.05, 0) is 130 Å². The fourth-order valence-electron chi connectivity index (χ4n) is 12.3. The van der Waals surface area contributed by atoms with E-state index in [1.165, 1.54) is 25.7 Å². The second-order valence-corrected chi connectivity index (χ2v) is 16.7. The van der Waals surface area contributed by atoms with Gasteiger partial charge in [0.25, 0.3) is 0 Å². The minimum Gasteiger partial charge on any atom is -0.481 e. The van der Waals surface area contributed by atoms with E-state index in [0.29, 0.717) is 35.5 Å². The molecule has 0 bridgehead atoms. The molecule has 0 saturated heterocycles. The van der Waals surface area contributed by atoms with Gasteiger partial charge in [-0.1, -0.05) is 48.5 Å². The number of ether oxygens (including phenoxy) is 1. The number of hydrogen-bond acceptors (Lipinski definition) is 3. The Bertz CT molecular complexity index is 990. The van der Waals surface area contributed by atoms with E-state index in [4.69, 9.17) is 4.74 Å². The zero-order valence-electron chi connectivity index (χ0n) is 26.4. The fourth-order valence-corrected chi connectivity index (χ4v) is 12.3. The van der Waals surface area contributed by atoms with Crippen molar-refractivity contribution < 1.29 is 19.4 Å². The molecule has 0 radical (unpaired) electrons. The predicted octanol–water partition coefficient (Wildman–Crippen LogP) is 8.31. The molecule has 2 N–H and O–H groups in total. The smallest absolute Gasteiger partial charge is 0.407 e. The molecular formula is C34H57NO4. The molecule has 0 unspecified atom stereocenters. The molecule has 5 heteroatoms. The van der Waals surface area contributed by atoms with E-state index in [-0.39, 0.29) is 39.9 Å². The first-order valence-corrected chi connectivity index (χ1v) is 16.2. The maximum Gasteiger partial charge on any atom is 0.407 e. The maximum absolute atomic E-state index is 12.9. The summed E-state index contributed by atoms with van der Waals surface area (Å²) in [5.74, 6) is 2.53. The van der Waals surface area contributed by atoms with Crippen molar-refractivity contribution in [3.8, 4) is 0 Å². The van der Waals surface area contributed by atoms with Crippen molar-refractivity contribution in [1.29, 1.82) is 0 Å². The van der Waals surface area contributed by atoms with E-state index in [0.717, 1.165) is 38.5 Å². The summed E-state index contributed by atoms with van der Waals surface area (Å²) >= 11 is 0. The molecule has 10 atom stereocenters. The van der Waals surface area contributed by atoms with Crippen LogP contribution in [0.1, 0.15) is 127 Å². The quantitative estimate of drug-likeness (QED) is 0.374. The molecule has 0 aromatic carbocycles. The van der Waals surface area contributed by atoms with Crippen molar-refractivity contribution in [2.24, 2.45) is 62.6 Å². The Balaban J connectivity index is 1.46. The van der Waals surface area contributed by atoms with E-state index in [1.807, 2.05) is 13.8 Å². The highest BCUT2D eigenvalue weighted by Gasteiger charge is 2.72. The highest BCUT2D eigenvalue weighted by Crippen LogP contribution is 2.77. The second kappa shape index (κ2) is 9.38. The van der Waals surface area contributed by atoms with Crippen LogP contribution < -0.4 is 5.32 Å². The lowest BCUT2D eigenvalue weighted by Crippen LogP contribution is -2.67. The molecule has 5 aliphatic rings. The third-order valence-electron chi connectivity index (χ3n) is 14.4. The van der Waals surface area contributed by atoms with Crippen molar-refractivity contribution >= 4 is 12.1 Å². The van der Waals surface area contributed by atoms with Crippen molar-refractivity contribution in [2.45, 2.75) is 139 Å². The van der Waals surface area contributed by atoms with E-state index >= 15 is 0 Å². The zero-order valence-corrected chi connectivity index (χ0v) is 26.4. The second-order valence-electron chi connectivity index (χ2n) is 16.7. The first kappa shape index (κ1) is 29.2. The molecule has 222 valence electrons. The lowest BCUT2D eigenvalue weighted by Gasteiger charge is -2.72. The highest BCUT2D eigenvalue weighted by molar-refractivity contribution is 5.76. The molecule has 0 aromatic heterocycles. The van der Waals surface area contributed by atoms with Crippen molar-refractivity contribution in [1.82, 2.24) is 5.32 Å². The zero-order chi connectivity index (χ0) is 28.8. The Morgan fingerprint density at radius 2 is 1.49 bits per heavy atom. The largest absolute Gasteiger partial charge is 0.481 e. The van der Waals surface area contributed by atoms with Gasteiger partial charge in [0.2, 0.25) is 0 Å². The summed E-state index contributed by atoms with van der Waals surface area (Å²) < 4.78 is 6.09. The number of hydrogen-bond donors (Lipinski definition) is 2. The minimum atomic E-state index is -0.512. The number of alkyl carbamates (subject to hydrolysis) is 1. The predicted molar refractivity (Wildman–Crippen MR) is 155 cm³/mol. The Kier molecular flexibility index (Phi) is 7.03. The average Bonchev–Trinajstić information content (AvgIpc) is 3.22. The van der Waals surface area contributed by atoms with Crippen molar-refractivity contribution in [3.63, 3.8) is 0 Å². The molecule has 0 aliphatic heterocycles. The van der Waals surface area contributed by atoms with Crippen LogP contribution in [0.15, 0.2) is 0 Å². The summed E-state index contributed by atoms with van der Waals surface area (Å²) in [6.07, 6.45) is 10.4. The van der Waals surface area contributed by atoms with Crippen LogP contribution in [0.25, 0.3) is 0 Å². The SMILES string of the molecule is CC(C)NC(=O)O[C@@H]1CC[C@]2(C)[C@H]3CC[C@@H]4[C@H]5[C@H](C(C)C)CC[C@]5(C(=O)O)CC[C@@]4(C)[C@]3(C)CC[C@H]2C1(C)C. The molecule has 5 aliphatic carbocycles. The Morgan fingerprint density at radius 1 is 0.795 bits per heavy atom. The van der Waals surface area contributed by atoms with Gasteiger partial charge >= 0.3 is 12.1 Å². The number of rotatable bonds is 4. The van der Waals surface area contributed by atoms with Crippen LogP contribution in [-0.4, -0.2) is 29.3 Å². The molecule has 5 saturated carbocycles. The van der Waals surface area contributed by atoms with Crippen LogP contribution in [-0.2, 0) is 9.53 Å². The summed E-state index contributed by atoms with van der Waals surface area (Å²) in [6.45, 7) is 21.1. The molecule has 0 spiro atoms. The molecule has 1 amide bonds. The maximum atomic E-state index is 12.9. The first-order chi connectivity index (χ1) is 18.0. The Morgan fingerprint density at radius 3 is 2.10 bits per heavy atom. The van der Waals surface area contributed by atoms with Gasteiger partial charge in [0.05, 0.1) is 5.41 Å². The van der Waals surface area contributed by atoms with Gasteiger partial charge in [-0.25, -0.2) is 4.79 Å². The van der Waals surface area contributed by atoms with E-state index in [1.54, 1.807) is 0 Å². The number of carbonyl (C=O) groups excluding carboxylic acids is 1. The standard InChI is InChI=1S/C34H57NO4/c1-20(2)22-12-17-34(28(36)37)19-18-32(8)23(27(22)34)10-11-25-31(7)15-14-26(39-29(38)35-21(3)4)30(5,6)24(31)13-16-33(25,32)9/h20-27H,10-19H2,1-9H3,(H,35,38)(H,36,37)/t22-,23+,24-,25+,26+,27+,31-,32+,33+,34-/m0/s1. The number of carboxylic acids is 1. The average molecular weight is 544 g/mol. The summed E-state index contributed by atoms with van der Waals surface area (Å²) in [5.41, 5.74) is 0.0404. The minimum absolute atomic E-state index is 0.0539. The van der Waals surface area contributed by atoms with Crippen molar-refractivity contribution in [3.05, 3.63) is 0 Å². The van der Waals surface area contributed by atoms with Crippen LogP contribution in [0.2, 0.25) is 0 Å². The third kappa shape index (κ3) is 3.97. The van der Waals surface area contributed by atoms with Gasteiger partial charge in [0.15, 0.2) is 0 Å². The monoisotopic (exact) mass is 543 g/mol. The van der Waals surface area contributed by atoms with Crippen LogP contribution in [0.5, 0.6) is 0 Å². The molecule has 0 heterocycles. The van der Waals surface area contributed by atoms with Crippen molar-refractivity contribution in [2.75, 3.05) is 0 Å². The number of carboxylic acid groups (broad SMARTS) is 1. The summed E-state index contributed by atoms with van der Waals surface area (Å²) in [4.78, 5) is 25.5. The molecular weight excluding hydrogens is 486 g/mol. The molecule has 5 nitrogen and oxygen atoms in total. The summed E-state index contributed by atoms with van der Waals surface area (Å²) in [5, 5.41) is 13.6. The normalized spacial score (nSPS) is 48.5. The number of amides is 1. The number of carbonyl (C=O) groups is 2. The van der Waals surface area contributed by atoms with Gasteiger partial charge in [-0.2, -0.15) is 0 Å². The van der Waals surface area contributed by atoms with Crippen LogP contribution >= 0.6 is 0 Å². The van der Waals surface area contributed by atoms with E-state index < -0.39 is 11.4 Å². The third-order valence-corrected chi connectivity index (χ3v) is 14.4.